The van der Waals surface area contributed by atoms with Crippen LogP contribution in [0.1, 0.15) is 31.9 Å². The van der Waals surface area contributed by atoms with Crippen LogP contribution in [0.5, 0.6) is 11.5 Å². The molecule has 0 spiro atoms. The minimum absolute atomic E-state index is 0.101. The Labute approximate surface area is 162 Å². The Balaban J connectivity index is 2.79. The average Bonchev–Trinajstić information content (AvgIpc) is 2.64. The third kappa shape index (κ3) is 3.93. The number of aryl methyl sites for hydroxylation is 1. The maximum Gasteiger partial charge on any atom is 0.351 e. The molecule has 8 nitrogen and oxygen atoms in total. The summed E-state index contributed by atoms with van der Waals surface area (Å²) in [5.41, 5.74) is 6.39. The van der Waals surface area contributed by atoms with E-state index in [4.69, 9.17) is 29.8 Å². The normalized spacial score (nSPS) is 11.5. The summed E-state index contributed by atoms with van der Waals surface area (Å²) >= 11 is 0. The molecule has 0 saturated heterocycles. The topological polar surface area (TPSA) is 132 Å². The van der Waals surface area contributed by atoms with Crippen LogP contribution in [0.4, 0.5) is 0 Å². The van der Waals surface area contributed by atoms with Crippen molar-refractivity contribution in [2.75, 3.05) is 19.8 Å². The van der Waals surface area contributed by atoms with Gasteiger partial charge in [-0.2, -0.15) is 5.26 Å². The van der Waals surface area contributed by atoms with Crippen molar-refractivity contribution in [2.45, 2.75) is 27.7 Å². The Morgan fingerprint density at radius 1 is 1.18 bits per heavy atom. The van der Waals surface area contributed by atoms with E-state index >= 15 is 0 Å². The summed E-state index contributed by atoms with van der Waals surface area (Å²) in [5.74, 6) is 0.176. The number of benzene rings is 1. The minimum atomic E-state index is -0.844. The molecule has 0 aliphatic carbocycles. The lowest BCUT2D eigenvalue weighted by Crippen LogP contribution is -2.19. The summed E-state index contributed by atoms with van der Waals surface area (Å²) in [6.45, 7) is 8.05. The van der Waals surface area contributed by atoms with Gasteiger partial charge in [0, 0.05) is 11.5 Å². The lowest BCUT2D eigenvalue weighted by atomic mass is 10.0. The Morgan fingerprint density at radius 2 is 1.79 bits per heavy atom. The van der Waals surface area contributed by atoms with Crippen LogP contribution in [0.25, 0.3) is 16.7 Å². The third-order valence-corrected chi connectivity index (χ3v) is 3.99. The van der Waals surface area contributed by atoms with E-state index in [0.717, 1.165) is 0 Å². The molecule has 0 radical (unpaired) electrons. The zero-order valence-electron chi connectivity index (χ0n) is 16.3. The first-order valence-electron chi connectivity index (χ1n) is 8.88. The van der Waals surface area contributed by atoms with Crippen molar-refractivity contribution < 1.29 is 23.4 Å². The highest BCUT2D eigenvalue weighted by molar-refractivity contribution is 6.02. The predicted octanol–water partition coefficient (Wildman–Crippen LogP) is 2.77. The van der Waals surface area contributed by atoms with Crippen molar-refractivity contribution >= 4 is 22.6 Å². The quantitative estimate of drug-likeness (QED) is 0.425. The molecule has 1 heterocycles. The lowest BCUT2D eigenvalue weighted by molar-refractivity contribution is -0.137. The number of nitrogens with zero attached hydrogens (tertiary/aromatic N) is 1. The van der Waals surface area contributed by atoms with Crippen LogP contribution in [0.15, 0.2) is 22.1 Å². The second kappa shape index (κ2) is 8.95. The van der Waals surface area contributed by atoms with Crippen LogP contribution in [-0.2, 0) is 9.53 Å². The molecule has 0 fully saturated rings. The van der Waals surface area contributed by atoms with Gasteiger partial charge in [0.15, 0.2) is 17.1 Å². The Morgan fingerprint density at radius 3 is 2.32 bits per heavy atom. The molecule has 148 valence electrons. The van der Waals surface area contributed by atoms with E-state index in [-0.39, 0.29) is 29.0 Å². The highest BCUT2D eigenvalue weighted by atomic mass is 16.5. The molecule has 1 aromatic heterocycles. The zero-order chi connectivity index (χ0) is 20.8. The fourth-order valence-corrected chi connectivity index (χ4v) is 2.79. The van der Waals surface area contributed by atoms with Crippen LogP contribution in [0.3, 0.4) is 0 Å². The third-order valence-electron chi connectivity index (χ3n) is 3.99. The molecular formula is C20H23N3O5. The van der Waals surface area contributed by atoms with Gasteiger partial charge in [0.25, 0.3) is 0 Å². The van der Waals surface area contributed by atoms with Gasteiger partial charge in [0.1, 0.15) is 11.7 Å². The first-order valence-corrected chi connectivity index (χ1v) is 8.88. The van der Waals surface area contributed by atoms with Crippen molar-refractivity contribution in [3.63, 3.8) is 0 Å². The zero-order valence-corrected chi connectivity index (χ0v) is 16.3. The fraction of sp³-hybridized carbons (Fsp3) is 0.350. The smallest absolute Gasteiger partial charge is 0.351 e. The number of carbonyl (C=O) groups is 1. The van der Waals surface area contributed by atoms with Crippen molar-refractivity contribution in [1.82, 2.24) is 0 Å². The van der Waals surface area contributed by atoms with Gasteiger partial charge in [-0.05, 0) is 39.3 Å². The molecule has 0 aliphatic heterocycles. The molecule has 3 N–H and O–H groups in total. The molecule has 0 amide bonds. The summed E-state index contributed by atoms with van der Waals surface area (Å²) < 4.78 is 21.7. The van der Waals surface area contributed by atoms with Gasteiger partial charge in [-0.25, -0.2) is 4.79 Å². The van der Waals surface area contributed by atoms with E-state index in [1.807, 2.05) is 13.8 Å². The highest BCUT2D eigenvalue weighted by Crippen LogP contribution is 2.35. The first kappa shape index (κ1) is 20.8. The van der Waals surface area contributed by atoms with Gasteiger partial charge in [-0.1, -0.05) is 0 Å². The minimum Gasteiger partial charge on any atom is -0.490 e. The number of esters is 1. The van der Waals surface area contributed by atoms with Gasteiger partial charge in [-0.15, -0.1) is 0 Å². The van der Waals surface area contributed by atoms with Crippen LogP contribution in [-0.4, -0.2) is 25.8 Å². The molecule has 28 heavy (non-hydrogen) atoms. The largest absolute Gasteiger partial charge is 0.490 e. The van der Waals surface area contributed by atoms with Gasteiger partial charge in [0.2, 0.25) is 5.55 Å². The Hall–Kier alpha value is -3.47. The fourth-order valence-electron chi connectivity index (χ4n) is 2.79. The van der Waals surface area contributed by atoms with Gasteiger partial charge < -0.3 is 24.4 Å². The molecule has 0 atom stereocenters. The lowest BCUT2D eigenvalue weighted by Gasteiger charge is -2.15. The number of rotatable bonds is 7. The molecule has 0 unspecified atom stereocenters. The van der Waals surface area contributed by atoms with Crippen LogP contribution < -0.4 is 20.8 Å². The second-order valence-electron chi connectivity index (χ2n) is 5.71. The number of fused-ring (bicyclic) bond motifs is 1. The molecule has 0 saturated carbocycles. The Bertz CT molecular complexity index is 1030. The number of hydrogen-bond donors (Lipinski definition) is 2. The maximum absolute atomic E-state index is 12.0. The van der Waals surface area contributed by atoms with Crippen molar-refractivity contribution in [1.29, 1.82) is 10.7 Å². The summed E-state index contributed by atoms with van der Waals surface area (Å²) in [6.07, 6.45) is 0. The summed E-state index contributed by atoms with van der Waals surface area (Å²) in [5, 5.41) is 18.2. The summed E-state index contributed by atoms with van der Waals surface area (Å²) in [6, 6.07) is 5.13. The molecule has 0 bridgehead atoms. The number of ether oxygens (including phenoxy) is 3. The molecular weight excluding hydrogens is 362 g/mol. The molecule has 2 aromatic rings. The summed E-state index contributed by atoms with van der Waals surface area (Å²) in [7, 11) is 0. The standard InChI is InChI=1S/C20H23N3O5/c1-5-25-15-8-12-11(4)17(18(22)13(10-21)20(24)27-7-3)19(23)28-14(12)9-16(15)26-6-2/h8-9,23H,5-7,22H2,1-4H3/b18-13-,23-19?. The van der Waals surface area contributed by atoms with E-state index in [1.54, 1.807) is 32.0 Å². The van der Waals surface area contributed by atoms with Gasteiger partial charge in [0.05, 0.1) is 31.1 Å². The van der Waals surface area contributed by atoms with Crippen LogP contribution >= 0.6 is 0 Å². The number of nitrogens with one attached hydrogen (secondary N) is 1. The van der Waals surface area contributed by atoms with Crippen molar-refractivity contribution in [3.8, 4) is 17.6 Å². The second-order valence-corrected chi connectivity index (χ2v) is 5.71. The molecule has 1 aromatic carbocycles. The van der Waals surface area contributed by atoms with E-state index in [0.29, 0.717) is 41.2 Å². The van der Waals surface area contributed by atoms with E-state index < -0.39 is 5.97 Å². The predicted molar refractivity (Wildman–Crippen MR) is 102 cm³/mol. The maximum atomic E-state index is 12.0. The van der Waals surface area contributed by atoms with E-state index in [1.165, 1.54) is 0 Å². The SMILES string of the molecule is CCOC(=O)/C(C#N)=C(\N)c1c(C)c2cc(OCC)c(OCC)cc2oc1=N. The molecule has 0 aliphatic rings. The van der Waals surface area contributed by atoms with Gasteiger partial charge in [-0.3, -0.25) is 5.41 Å². The average molecular weight is 385 g/mol. The van der Waals surface area contributed by atoms with Crippen molar-refractivity contribution in [2.24, 2.45) is 5.73 Å². The first-order chi connectivity index (χ1) is 13.4. The van der Waals surface area contributed by atoms with Crippen LogP contribution in [0, 0.1) is 23.7 Å². The molecule has 2 rings (SSSR count). The van der Waals surface area contributed by atoms with Crippen molar-refractivity contribution in [3.05, 3.63) is 34.4 Å². The number of nitriles is 1. The van der Waals surface area contributed by atoms with Gasteiger partial charge >= 0.3 is 5.97 Å². The number of nitrogens with two attached hydrogens (primary N) is 1. The number of carbonyl (C=O) groups excluding carboxylic acids is 1. The van der Waals surface area contributed by atoms with E-state index in [9.17, 15) is 10.1 Å². The number of hydrogen-bond acceptors (Lipinski definition) is 8. The Kier molecular flexibility index (Phi) is 6.66. The molecule has 8 heteroatoms. The van der Waals surface area contributed by atoms with E-state index in [2.05, 4.69) is 0 Å². The monoisotopic (exact) mass is 385 g/mol. The highest BCUT2D eigenvalue weighted by Gasteiger charge is 2.21. The van der Waals surface area contributed by atoms with Crippen LogP contribution in [0.2, 0.25) is 0 Å². The summed E-state index contributed by atoms with van der Waals surface area (Å²) in [4.78, 5) is 12.0.